The predicted octanol–water partition coefficient (Wildman–Crippen LogP) is 5.74. The van der Waals surface area contributed by atoms with Crippen molar-refractivity contribution in [3.05, 3.63) is 90.4 Å². The standard InChI is InChI=1S/C22H38N4O2.C10H16N2O2S.C6H5F.C2H6/c1-5-12-24(17-27)13-11-20-9-8-18(4)26(20)16-19-10-14-25(15-19)22(28)21(6-2)23-7-3;1-11-8-9-4-6-10(7-5-9)15(13,14)12(2)3;7-6-4-2-1-3-5-6;1-2/h5-6,17-20,23H,1,7-16H2,2-4H3;4-7,11H,8H2,1-3H3;1-5H;1-2H3/b21-6-;;;/t18?,19-,20?;;;/m1.../s1. The fourth-order valence-corrected chi connectivity index (χ4v) is 7.07. The third kappa shape index (κ3) is 15.6. The number of nitrogens with one attached hydrogen (secondary N) is 2. The quantitative estimate of drug-likeness (QED) is 0.136. The van der Waals surface area contributed by atoms with Crippen LogP contribution in [0.25, 0.3) is 0 Å². The normalized spacial score (nSPS) is 18.6. The number of likely N-dealkylation sites (tertiary alicyclic amines) is 2. The van der Waals surface area contributed by atoms with Gasteiger partial charge in [-0.25, -0.2) is 17.1 Å². The first kappa shape index (κ1) is 46.4. The second-order valence-corrected chi connectivity index (χ2v) is 15.0. The van der Waals surface area contributed by atoms with E-state index in [2.05, 4.69) is 29.0 Å². The summed E-state index contributed by atoms with van der Waals surface area (Å²) in [6.45, 7) is 19.6. The van der Waals surface area contributed by atoms with Gasteiger partial charge in [-0.15, -0.1) is 6.58 Å². The molecule has 52 heavy (non-hydrogen) atoms. The Morgan fingerprint density at radius 2 is 1.71 bits per heavy atom. The van der Waals surface area contributed by atoms with Crippen molar-refractivity contribution in [1.82, 2.24) is 29.6 Å². The van der Waals surface area contributed by atoms with Gasteiger partial charge in [0.05, 0.1) is 10.6 Å². The monoisotopic (exact) mass is 744 g/mol. The van der Waals surface area contributed by atoms with Crippen molar-refractivity contribution in [2.75, 3.05) is 60.4 Å². The molecule has 2 amide bonds. The minimum atomic E-state index is -3.30. The maximum Gasteiger partial charge on any atom is 0.269 e. The summed E-state index contributed by atoms with van der Waals surface area (Å²) in [7, 11) is 1.61. The summed E-state index contributed by atoms with van der Waals surface area (Å²) < 4.78 is 36.5. The summed E-state index contributed by atoms with van der Waals surface area (Å²) in [4.78, 5) is 30.6. The smallest absolute Gasteiger partial charge is 0.269 e. The van der Waals surface area contributed by atoms with E-state index in [0.717, 1.165) is 64.1 Å². The Morgan fingerprint density at radius 1 is 1.06 bits per heavy atom. The van der Waals surface area contributed by atoms with E-state index in [1.54, 1.807) is 41.3 Å². The van der Waals surface area contributed by atoms with Crippen LogP contribution in [0.3, 0.4) is 0 Å². The lowest BCUT2D eigenvalue weighted by atomic mass is 10.1. The zero-order chi connectivity index (χ0) is 39.1. The zero-order valence-corrected chi connectivity index (χ0v) is 33.7. The molecule has 10 nitrogen and oxygen atoms in total. The molecule has 3 atom stereocenters. The fraction of sp³-hybridized carbons (Fsp3) is 0.550. The molecule has 292 valence electrons. The lowest BCUT2D eigenvalue weighted by Gasteiger charge is -2.32. The molecule has 2 saturated heterocycles. The number of benzene rings is 2. The Bertz CT molecular complexity index is 1440. The van der Waals surface area contributed by atoms with E-state index in [-0.39, 0.29) is 11.7 Å². The summed E-state index contributed by atoms with van der Waals surface area (Å²) in [6, 6.07) is 15.9. The van der Waals surface area contributed by atoms with Crippen LogP contribution in [0.15, 0.2) is 83.9 Å². The number of sulfonamides is 1. The molecule has 2 aromatic rings. The number of carbonyl (C=O) groups is 2. The number of amides is 2. The third-order valence-electron chi connectivity index (χ3n) is 8.96. The molecule has 2 N–H and O–H groups in total. The molecule has 2 aromatic carbocycles. The van der Waals surface area contributed by atoms with Crippen LogP contribution in [0.4, 0.5) is 4.39 Å². The molecule has 2 unspecified atom stereocenters. The van der Waals surface area contributed by atoms with E-state index >= 15 is 0 Å². The summed E-state index contributed by atoms with van der Waals surface area (Å²) in [6.07, 6.45) is 9.07. The summed E-state index contributed by atoms with van der Waals surface area (Å²) in [5.41, 5.74) is 1.78. The summed E-state index contributed by atoms with van der Waals surface area (Å²) in [5.74, 6) is 0.480. The fourth-order valence-electron chi connectivity index (χ4n) is 6.17. The molecule has 0 spiro atoms. The minimum absolute atomic E-state index is 0.129. The van der Waals surface area contributed by atoms with E-state index < -0.39 is 10.0 Å². The van der Waals surface area contributed by atoms with Gasteiger partial charge >= 0.3 is 0 Å². The van der Waals surface area contributed by atoms with Gasteiger partial charge in [-0.2, -0.15) is 0 Å². The first-order valence-corrected chi connectivity index (χ1v) is 20.0. The van der Waals surface area contributed by atoms with E-state index in [1.165, 1.54) is 43.4 Å². The van der Waals surface area contributed by atoms with Gasteiger partial charge in [0.1, 0.15) is 5.82 Å². The number of halogens is 1. The van der Waals surface area contributed by atoms with Crippen molar-refractivity contribution < 1.29 is 22.4 Å². The molecule has 2 fully saturated rings. The Balaban J connectivity index is 0.000000465. The Hall–Kier alpha value is -3.58. The van der Waals surface area contributed by atoms with Crippen LogP contribution in [0, 0.1) is 11.7 Å². The second kappa shape index (κ2) is 25.4. The SMILES string of the molecule is C=CCN(C=O)CCC1CCC(C)N1C[C@@H]1CCN(C(=O)/C(=C/C)NCC)C1.CC.CNCc1ccc(S(=O)(=O)N(C)C)cc1.Fc1ccccc1. The lowest BCUT2D eigenvalue weighted by Crippen LogP contribution is -2.41. The Kier molecular flexibility index (Phi) is 22.7. The van der Waals surface area contributed by atoms with Gasteiger partial charge in [0.2, 0.25) is 16.4 Å². The van der Waals surface area contributed by atoms with Crippen LogP contribution < -0.4 is 10.6 Å². The van der Waals surface area contributed by atoms with Gasteiger partial charge in [-0.3, -0.25) is 14.5 Å². The summed E-state index contributed by atoms with van der Waals surface area (Å²) >= 11 is 0. The van der Waals surface area contributed by atoms with Gasteiger partial charge in [0, 0.05) is 72.0 Å². The molecule has 2 aliphatic heterocycles. The predicted molar refractivity (Wildman–Crippen MR) is 212 cm³/mol. The van der Waals surface area contributed by atoms with Crippen LogP contribution in [0.2, 0.25) is 0 Å². The van der Waals surface area contributed by atoms with Gasteiger partial charge in [0.25, 0.3) is 5.91 Å². The largest absolute Gasteiger partial charge is 0.381 e. The molecule has 0 aliphatic carbocycles. The molecule has 2 aliphatic rings. The third-order valence-corrected chi connectivity index (χ3v) is 10.8. The maximum absolute atomic E-state index is 12.7. The van der Waals surface area contributed by atoms with Crippen LogP contribution in [-0.2, 0) is 26.2 Å². The number of likely N-dealkylation sites (N-methyl/N-ethyl adjacent to an activating group) is 1. The number of carbonyl (C=O) groups excluding carboxylic acids is 2. The summed E-state index contributed by atoms with van der Waals surface area (Å²) in [5, 5.41) is 6.18. The minimum Gasteiger partial charge on any atom is -0.381 e. The highest BCUT2D eigenvalue weighted by molar-refractivity contribution is 7.89. The molecule has 0 aromatic heterocycles. The van der Waals surface area contributed by atoms with Gasteiger partial charge in [0.15, 0.2) is 0 Å². The van der Waals surface area contributed by atoms with Crippen molar-refractivity contribution in [3.63, 3.8) is 0 Å². The van der Waals surface area contributed by atoms with Gasteiger partial charge in [-0.05, 0) is 89.2 Å². The van der Waals surface area contributed by atoms with Crippen molar-refractivity contribution in [3.8, 4) is 0 Å². The van der Waals surface area contributed by atoms with Crippen LogP contribution in [-0.4, -0.2) is 112 Å². The van der Waals surface area contributed by atoms with Crippen molar-refractivity contribution in [2.45, 2.75) is 83.8 Å². The average Bonchev–Trinajstić information content (AvgIpc) is 3.77. The average molecular weight is 745 g/mol. The van der Waals surface area contributed by atoms with Crippen molar-refractivity contribution in [1.29, 1.82) is 0 Å². The number of nitrogens with zero attached hydrogens (tertiary/aromatic N) is 4. The van der Waals surface area contributed by atoms with Crippen molar-refractivity contribution >= 4 is 22.3 Å². The van der Waals surface area contributed by atoms with Crippen LogP contribution in [0.5, 0.6) is 0 Å². The highest BCUT2D eigenvalue weighted by Gasteiger charge is 2.35. The molecular weight excluding hydrogens is 680 g/mol. The number of hydrogen-bond acceptors (Lipinski definition) is 7. The molecule has 0 bridgehead atoms. The Labute approximate surface area is 314 Å². The number of rotatable bonds is 15. The van der Waals surface area contributed by atoms with Crippen LogP contribution in [0.1, 0.15) is 65.9 Å². The van der Waals surface area contributed by atoms with E-state index in [4.69, 9.17) is 0 Å². The van der Waals surface area contributed by atoms with Crippen molar-refractivity contribution in [2.24, 2.45) is 5.92 Å². The first-order valence-electron chi connectivity index (χ1n) is 18.5. The van der Waals surface area contributed by atoms with Crippen LogP contribution >= 0.6 is 0 Å². The molecule has 12 heteroatoms. The molecule has 2 heterocycles. The number of hydrogen-bond donors (Lipinski definition) is 2. The number of allylic oxidation sites excluding steroid dienone is 1. The highest BCUT2D eigenvalue weighted by atomic mass is 32.2. The molecule has 0 radical (unpaired) electrons. The Morgan fingerprint density at radius 3 is 2.21 bits per heavy atom. The topological polar surface area (TPSA) is 105 Å². The molecule has 0 saturated carbocycles. The molecule has 4 rings (SSSR count). The maximum atomic E-state index is 12.7. The zero-order valence-electron chi connectivity index (χ0n) is 32.9. The van der Waals surface area contributed by atoms with Gasteiger partial charge in [-0.1, -0.05) is 56.3 Å². The van der Waals surface area contributed by atoms with E-state index in [0.29, 0.717) is 35.1 Å². The lowest BCUT2D eigenvalue weighted by molar-refractivity contribution is -0.126. The second-order valence-electron chi connectivity index (χ2n) is 12.9. The van der Waals surface area contributed by atoms with E-state index in [1.807, 2.05) is 57.9 Å². The van der Waals surface area contributed by atoms with Gasteiger partial charge < -0.3 is 20.4 Å². The highest BCUT2D eigenvalue weighted by Crippen LogP contribution is 2.30. The van der Waals surface area contributed by atoms with E-state index in [9.17, 15) is 22.4 Å². The molecular formula is C40H65FN6O4S. The first-order chi connectivity index (χ1) is 24.9.